The molecule has 0 spiro atoms. The standard InChI is InChI=1S/C72H58N2/c1-51-20-19-33-67-70(51)66-48-47-64(50-68(66)72(67,58-28-13-5-14-29-58)59-30-15-6-16-31-59)74(69-49-38-56-25-17-18-32-65(56)71(69)57-26-11-4-12-27-57)63-45-43-62(44-46-63)73(60-39-34-54(35-40-60)52-21-7-2-8-22-52)61-41-36-55(37-42-61)53-23-9-3-10-24-53/h2,4-8,11-22,25-50,53H,3,9-10,23-24H2,1H3. The predicted octanol–water partition coefficient (Wildman–Crippen LogP) is 19.8. The lowest BCUT2D eigenvalue weighted by Gasteiger charge is -2.35. The summed E-state index contributed by atoms with van der Waals surface area (Å²) >= 11 is 0. The third kappa shape index (κ3) is 7.90. The van der Waals surface area contributed by atoms with Crippen molar-refractivity contribution >= 4 is 44.9 Å². The van der Waals surface area contributed by atoms with Crippen molar-refractivity contribution < 1.29 is 0 Å². The fourth-order valence-electron chi connectivity index (χ4n) is 12.6. The summed E-state index contributed by atoms with van der Waals surface area (Å²) < 4.78 is 0. The average Bonchev–Trinajstić information content (AvgIpc) is 3.80. The first-order chi connectivity index (χ1) is 36.6. The molecule has 0 aliphatic heterocycles. The van der Waals surface area contributed by atoms with E-state index in [0.717, 1.165) is 34.1 Å². The van der Waals surface area contributed by atoms with Crippen LogP contribution in [0, 0.1) is 6.92 Å². The van der Waals surface area contributed by atoms with Crippen molar-refractivity contribution in [2.24, 2.45) is 0 Å². The quantitative estimate of drug-likeness (QED) is 0.127. The van der Waals surface area contributed by atoms with E-state index in [2.05, 4.69) is 284 Å². The van der Waals surface area contributed by atoms with E-state index in [0.29, 0.717) is 5.92 Å². The molecule has 74 heavy (non-hydrogen) atoms. The Bertz CT molecular complexity index is 3690. The molecule has 0 heterocycles. The van der Waals surface area contributed by atoms with E-state index in [1.165, 1.54) is 110 Å². The van der Waals surface area contributed by atoms with Crippen LogP contribution in [0.1, 0.15) is 71.4 Å². The van der Waals surface area contributed by atoms with E-state index in [9.17, 15) is 0 Å². The Morgan fingerprint density at radius 1 is 0.365 bits per heavy atom. The number of rotatable bonds is 11. The molecule has 0 radical (unpaired) electrons. The Hall–Kier alpha value is -8.72. The number of nitrogens with zero attached hydrogens (tertiary/aromatic N) is 2. The van der Waals surface area contributed by atoms with Crippen molar-refractivity contribution in [3.8, 4) is 33.4 Å². The number of benzene rings is 11. The topological polar surface area (TPSA) is 6.48 Å². The molecule has 0 atom stereocenters. The molecule has 0 amide bonds. The zero-order chi connectivity index (χ0) is 49.4. The Kier molecular flexibility index (Phi) is 11.8. The van der Waals surface area contributed by atoms with E-state index < -0.39 is 5.41 Å². The highest BCUT2D eigenvalue weighted by Gasteiger charge is 2.47. The zero-order valence-electron chi connectivity index (χ0n) is 41.9. The van der Waals surface area contributed by atoms with E-state index in [1.54, 1.807) is 0 Å². The summed E-state index contributed by atoms with van der Waals surface area (Å²) in [6.45, 7) is 2.27. The summed E-state index contributed by atoms with van der Waals surface area (Å²) in [5.74, 6) is 0.639. The Morgan fingerprint density at radius 3 is 1.51 bits per heavy atom. The molecule has 13 rings (SSSR count). The van der Waals surface area contributed by atoms with Gasteiger partial charge in [-0.15, -0.1) is 0 Å². The molecule has 2 heteroatoms. The zero-order valence-corrected chi connectivity index (χ0v) is 41.9. The monoisotopic (exact) mass is 950 g/mol. The number of fused-ring (bicyclic) bond motifs is 4. The van der Waals surface area contributed by atoms with Gasteiger partial charge in [-0.3, -0.25) is 0 Å². The van der Waals surface area contributed by atoms with E-state index in [1.807, 2.05) is 0 Å². The molecule has 11 aromatic carbocycles. The molecule has 0 saturated heterocycles. The summed E-state index contributed by atoms with van der Waals surface area (Å²) in [5, 5.41) is 2.42. The molecule has 2 aliphatic carbocycles. The maximum atomic E-state index is 2.51. The van der Waals surface area contributed by atoms with Gasteiger partial charge in [-0.05, 0) is 164 Å². The molecule has 356 valence electrons. The first-order valence-electron chi connectivity index (χ1n) is 26.5. The van der Waals surface area contributed by atoms with Crippen LogP contribution in [-0.4, -0.2) is 0 Å². The first kappa shape index (κ1) is 45.2. The summed E-state index contributed by atoms with van der Waals surface area (Å²) in [6, 6.07) is 99.3. The van der Waals surface area contributed by atoms with Crippen molar-refractivity contribution in [2.45, 2.75) is 50.4 Å². The van der Waals surface area contributed by atoms with Gasteiger partial charge in [0.1, 0.15) is 0 Å². The maximum absolute atomic E-state index is 2.51. The van der Waals surface area contributed by atoms with Gasteiger partial charge >= 0.3 is 0 Å². The normalized spacial score (nSPS) is 13.8. The van der Waals surface area contributed by atoms with Crippen molar-refractivity contribution in [2.75, 3.05) is 9.80 Å². The molecular weight excluding hydrogens is 893 g/mol. The van der Waals surface area contributed by atoms with Gasteiger partial charge < -0.3 is 9.80 Å². The van der Waals surface area contributed by atoms with Crippen LogP contribution in [0.15, 0.2) is 267 Å². The molecule has 0 N–H and O–H groups in total. The second kappa shape index (κ2) is 19.4. The number of aryl methyl sites for hydroxylation is 1. The highest BCUT2D eigenvalue weighted by molar-refractivity contribution is 6.06. The Morgan fingerprint density at radius 2 is 0.878 bits per heavy atom. The Labute approximate surface area is 436 Å². The van der Waals surface area contributed by atoms with Crippen LogP contribution in [0.25, 0.3) is 44.2 Å². The number of hydrogen-bond donors (Lipinski definition) is 0. The van der Waals surface area contributed by atoms with Gasteiger partial charge in [-0.1, -0.05) is 219 Å². The fourth-order valence-corrected chi connectivity index (χ4v) is 12.6. The Balaban J connectivity index is 1.01. The molecule has 11 aromatic rings. The molecule has 0 aromatic heterocycles. The minimum absolute atomic E-state index is 0.556. The lowest BCUT2D eigenvalue weighted by molar-refractivity contribution is 0.443. The van der Waals surface area contributed by atoms with Gasteiger partial charge in [0.25, 0.3) is 0 Å². The molecule has 0 bridgehead atoms. The third-order valence-corrected chi connectivity index (χ3v) is 16.1. The predicted molar refractivity (Wildman–Crippen MR) is 312 cm³/mol. The summed E-state index contributed by atoms with van der Waals surface area (Å²) in [6.07, 6.45) is 6.55. The smallest absolute Gasteiger partial charge is 0.0714 e. The molecule has 2 aliphatic rings. The van der Waals surface area contributed by atoms with Crippen LogP contribution in [0.2, 0.25) is 0 Å². The lowest BCUT2D eigenvalue weighted by atomic mass is 9.67. The largest absolute Gasteiger partial charge is 0.311 e. The fraction of sp³-hybridized carbons (Fsp3) is 0.111. The van der Waals surface area contributed by atoms with Crippen molar-refractivity contribution in [3.63, 3.8) is 0 Å². The second-order valence-electron chi connectivity index (χ2n) is 20.3. The lowest BCUT2D eigenvalue weighted by Crippen LogP contribution is -2.28. The third-order valence-electron chi connectivity index (χ3n) is 16.1. The second-order valence-corrected chi connectivity index (χ2v) is 20.3. The van der Waals surface area contributed by atoms with E-state index in [-0.39, 0.29) is 0 Å². The van der Waals surface area contributed by atoms with Gasteiger partial charge in [-0.25, -0.2) is 0 Å². The summed E-state index contributed by atoms with van der Waals surface area (Å²) in [4.78, 5) is 4.93. The molecule has 1 fully saturated rings. The van der Waals surface area contributed by atoms with Crippen molar-refractivity contribution in [1.29, 1.82) is 0 Å². The van der Waals surface area contributed by atoms with Crippen molar-refractivity contribution in [1.82, 2.24) is 0 Å². The van der Waals surface area contributed by atoms with Crippen LogP contribution in [-0.2, 0) is 5.41 Å². The van der Waals surface area contributed by atoms with Gasteiger partial charge in [0.05, 0.1) is 11.1 Å². The van der Waals surface area contributed by atoms with E-state index >= 15 is 0 Å². The number of hydrogen-bond acceptors (Lipinski definition) is 2. The SMILES string of the molecule is Cc1cccc2c1-c1ccc(N(c3ccc(N(c4ccc(-c5ccccc5)cc4)c4ccc(C5CCCCC5)cc4)cc3)c3ccc4ccccc4c3-c3ccccc3)cc1C2(c1ccccc1)c1ccccc1. The average molecular weight is 951 g/mol. The minimum atomic E-state index is -0.556. The van der Waals surface area contributed by atoms with Crippen LogP contribution in [0.4, 0.5) is 34.1 Å². The molecule has 1 saturated carbocycles. The van der Waals surface area contributed by atoms with Crippen LogP contribution < -0.4 is 9.80 Å². The minimum Gasteiger partial charge on any atom is -0.311 e. The highest BCUT2D eigenvalue weighted by Crippen LogP contribution is 2.58. The highest BCUT2D eigenvalue weighted by atomic mass is 15.2. The van der Waals surface area contributed by atoms with Crippen molar-refractivity contribution in [3.05, 3.63) is 300 Å². The summed E-state index contributed by atoms with van der Waals surface area (Å²) in [5.41, 5.74) is 21.3. The molecule has 0 unspecified atom stereocenters. The first-order valence-corrected chi connectivity index (χ1v) is 26.5. The molecular formula is C72H58N2. The van der Waals surface area contributed by atoms with Crippen LogP contribution in [0.5, 0.6) is 0 Å². The summed E-state index contributed by atoms with van der Waals surface area (Å²) in [7, 11) is 0. The molecule has 2 nitrogen and oxygen atoms in total. The van der Waals surface area contributed by atoms with Gasteiger partial charge in [0.15, 0.2) is 0 Å². The van der Waals surface area contributed by atoms with Crippen LogP contribution >= 0.6 is 0 Å². The van der Waals surface area contributed by atoms with E-state index in [4.69, 9.17) is 0 Å². The van der Waals surface area contributed by atoms with Gasteiger partial charge in [0, 0.05) is 34.0 Å². The van der Waals surface area contributed by atoms with Gasteiger partial charge in [-0.2, -0.15) is 0 Å². The number of anilines is 6. The van der Waals surface area contributed by atoms with Crippen LogP contribution in [0.3, 0.4) is 0 Å². The van der Waals surface area contributed by atoms with Gasteiger partial charge in [0.2, 0.25) is 0 Å². The maximum Gasteiger partial charge on any atom is 0.0714 e.